The number of primary amides is 1. The minimum absolute atomic E-state index is 0.170. The van der Waals surface area contributed by atoms with Crippen molar-refractivity contribution in [2.75, 3.05) is 31.1 Å². The van der Waals surface area contributed by atoms with E-state index < -0.39 is 17.6 Å². The first-order chi connectivity index (χ1) is 16.7. The highest BCUT2D eigenvalue weighted by atomic mass is 19.4. The van der Waals surface area contributed by atoms with E-state index in [1.807, 2.05) is 11.8 Å². The maximum absolute atomic E-state index is 15.1. The van der Waals surface area contributed by atoms with Gasteiger partial charge in [-0.05, 0) is 50.9 Å². The normalized spacial score (nSPS) is 15.6. The predicted octanol–water partition coefficient (Wildman–Crippen LogP) is 3.21. The highest BCUT2D eigenvalue weighted by molar-refractivity contribution is 5.88. The lowest BCUT2D eigenvalue weighted by molar-refractivity contribution is -0.137. The zero-order valence-electron chi connectivity index (χ0n) is 19.3. The molecule has 1 amide bonds. The fraction of sp³-hybridized carbons (Fsp3) is 0.478. The molecule has 0 unspecified atom stereocenters. The van der Waals surface area contributed by atoms with Crippen molar-refractivity contribution < 1.29 is 22.4 Å². The zero-order valence-corrected chi connectivity index (χ0v) is 19.3. The van der Waals surface area contributed by atoms with E-state index in [1.165, 1.54) is 18.6 Å². The molecule has 0 aromatic carbocycles. The molecule has 1 aliphatic rings. The topological polar surface area (TPSA) is 93.2 Å². The number of amides is 1. The summed E-state index contributed by atoms with van der Waals surface area (Å²) in [4.78, 5) is 27.5. The average molecular weight is 494 g/mol. The van der Waals surface area contributed by atoms with Crippen molar-refractivity contribution in [1.82, 2.24) is 24.4 Å². The zero-order chi connectivity index (χ0) is 25.2. The van der Waals surface area contributed by atoms with E-state index in [0.29, 0.717) is 36.2 Å². The Bertz CT molecular complexity index is 1170. The quantitative estimate of drug-likeness (QED) is 0.485. The summed E-state index contributed by atoms with van der Waals surface area (Å²) in [5.74, 6) is -0.142. The van der Waals surface area contributed by atoms with Crippen LogP contribution in [0.25, 0.3) is 11.0 Å². The second-order valence-corrected chi connectivity index (χ2v) is 8.76. The van der Waals surface area contributed by atoms with Crippen molar-refractivity contribution in [2.45, 2.75) is 39.0 Å². The van der Waals surface area contributed by atoms with E-state index in [-0.39, 0.29) is 24.4 Å². The summed E-state index contributed by atoms with van der Waals surface area (Å²) >= 11 is 0. The van der Waals surface area contributed by atoms with Crippen LogP contribution in [0.4, 0.5) is 23.4 Å². The first-order valence-electron chi connectivity index (χ1n) is 11.4. The number of alkyl halides is 3. The second kappa shape index (κ2) is 10.1. The number of nitrogens with zero attached hydrogens (tertiary/aromatic N) is 6. The fourth-order valence-electron chi connectivity index (χ4n) is 4.48. The van der Waals surface area contributed by atoms with Crippen molar-refractivity contribution in [2.24, 2.45) is 11.7 Å². The largest absolute Gasteiger partial charge is 0.417 e. The van der Waals surface area contributed by atoms with Crippen molar-refractivity contribution in [3.63, 3.8) is 0 Å². The van der Waals surface area contributed by atoms with Gasteiger partial charge in [-0.1, -0.05) is 0 Å². The fourth-order valence-corrected chi connectivity index (χ4v) is 4.48. The van der Waals surface area contributed by atoms with Gasteiger partial charge in [0.2, 0.25) is 5.91 Å². The van der Waals surface area contributed by atoms with E-state index >= 15 is 4.39 Å². The maximum Gasteiger partial charge on any atom is 0.417 e. The van der Waals surface area contributed by atoms with Gasteiger partial charge in [0.25, 0.3) is 0 Å². The Morgan fingerprint density at radius 2 is 1.94 bits per heavy atom. The molecule has 1 saturated heterocycles. The van der Waals surface area contributed by atoms with Crippen molar-refractivity contribution in [3.8, 4) is 0 Å². The Labute approximate surface area is 199 Å². The molecule has 3 aromatic rings. The number of rotatable bonds is 8. The van der Waals surface area contributed by atoms with Gasteiger partial charge in [0, 0.05) is 25.5 Å². The van der Waals surface area contributed by atoms with Crippen LogP contribution in [-0.4, -0.2) is 56.5 Å². The molecule has 188 valence electrons. The number of fused-ring (bicyclic) bond motifs is 1. The number of likely N-dealkylation sites (tertiary alicyclic amines) is 1. The smallest absolute Gasteiger partial charge is 0.369 e. The lowest BCUT2D eigenvalue weighted by Gasteiger charge is -2.31. The van der Waals surface area contributed by atoms with Gasteiger partial charge in [0.05, 0.1) is 29.7 Å². The predicted molar refractivity (Wildman–Crippen MR) is 122 cm³/mol. The number of carbonyl (C=O) groups excluding carboxylic acids is 1. The van der Waals surface area contributed by atoms with Crippen LogP contribution in [-0.2, 0) is 24.1 Å². The monoisotopic (exact) mass is 493 g/mol. The summed E-state index contributed by atoms with van der Waals surface area (Å²) in [5.41, 5.74) is 5.33. The van der Waals surface area contributed by atoms with Gasteiger partial charge >= 0.3 is 6.18 Å². The maximum atomic E-state index is 15.1. The third kappa shape index (κ3) is 5.69. The Kier molecular flexibility index (Phi) is 7.20. The molecule has 8 nitrogen and oxygen atoms in total. The summed E-state index contributed by atoms with van der Waals surface area (Å²) in [6.45, 7) is 4.78. The summed E-state index contributed by atoms with van der Waals surface area (Å²) in [5, 5.41) is 0.271. The highest BCUT2D eigenvalue weighted by Crippen LogP contribution is 2.31. The molecule has 3 aromatic heterocycles. The van der Waals surface area contributed by atoms with Crippen LogP contribution in [0, 0.1) is 11.7 Å². The second-order valence-electron chi connectivity index (χ2n) is 8.76. The average Bonchev–Trinajstić information content (AvgIpc) is 3.13. The summed E-state index contributed by atoms with van der Waals surface area (Å²) in [6, 6.07) is 2.30. The first kappa shape index (κ1) is 24.8. The molecule has 0 bridgehead atoms. The van der Waals surface area contributed by atoms with Crippen LogP contribution in [0.3, 0.4) is 0 Å². The van der Waals surface area contributed by atoms with Gasteiger partial charge < -0.3 is 15.2 Å². The number of carbonyl (C=O) groups is 1. The van der Waals surface area contributed by atoms with Crippen LogP contribution in [0.15, 0.2) is 30.9 Å². The molecule has 12 heteroatoms. The Morgan fingerprint density at radius 1 is 1.20 bits per heavy atom. The number of hydrogen-bond donors (Lipinski definition) is 1. The van der Waals surface area contributed by atoms with E-state index in [9.17, 15) is 18.0 Å². The van der Waals surface area contributed by atoms with Gasteiger partial charge in [-0.3, -0.25) is 14.7 Å². The SMILES string of the molecule is CCN(Cc1ccc(C(F)(F)F)cn1)c1ncnc2c1c(F)cn2CC1CCN(CC(N)=O)CC1. The molecular formula is C23H27F4N7O. The lowest BCUT2D eigenvalue weighted by atomic mass is 9.96. The molecule has 0 atom stereocenters. The van der Waals surface area contributed by atoms with Crippen LogP contribution >= 0.6 is 0 Å². The van der Waals surface area contributed by atoms with Gasteiger partial charge in [-0.25, -0.2) is 14.4 Å². The first-order valence-corrected chi connectivity index (χ1v) is 11.4. The summed E-state index contributed by atoms with van der Waals surface area (Å²) in [6.07, 6.45) is 0.832. The molecule has 0 saturated carbocycles. The lowest BCUT2D eigenvalue weighted by Crippen LogP contribution is -2.40. The molecule has 0 spiro atoms. The highest BCUT2D eigenvalue weighted by Gasteiger charge is 2.31. The molecule has 4 rings (SSSR count). The van der Waals surface area contributed by atoms with Gasteiger partial charge in [0.15, 0.2) is 5.82 Å². The van der Waals surface area contributed by atoms with E-state index in [1.54, 1.807) is 9.47 Å². The minimum Gasteiger partial charge on any atom is -0.369 e. The number of halogens is 4. The van der Waals surface area contributed by atoms with Crippen LogP contribution in [0.2, 0.25) is 0 Å². The van der Waals surface area contributed by atoms with Gasteiger partial charge in [0.1, 0.15) is 17.8 Å². The molecule has 35 heavy (non-hydrogen) atoms. The van der Waals surface area contributed by atoms with Crippen LogP contribution in [0.5, 0.6) is 0 Å². The van der Waals surface area contributed by atoms with Crippen molar-refractivity contribution >= 4 is 22.8 Å². The van der Waals surface area contributed by atoms with E-state index in [0.717, 1.165) is 38.2 Å². The van der Waals surface area contributed by atoms with Gasteiger partial charge in [-0.2, -0.15) is 13.2 Å². The van der Waals surface area contributed by atoms with Crippen LogP contribution < -0.4 is 10.6 Å². The third-order valence-corrected chi connectivity index (χ3v) is 6.31. The molecule has 0 radical (unpaired) electrons. The van der Waals surface area contributed by atoms with Crippen molar-refractivity contribution in [3.05, 3.63) is 47.9 Å². The number of hydrogen-bond acceptors (Lipinski definition) is 6. The summed E-state index contributed by atoms with van der Waals surface area (Å²) in [7, 11) is 0. The Morgan fingerprint density at radius 3 is 2.54 bits per heavy atom. The number of pyridine rings is 1. The summed E-state index contributed by atoms with van der Waals surface area (Å²) < 4.78 is 55.4. The number of piperidine rings is 1. The van der Waals surface area contributed by atoms with Gasteiger partial charge in [-0.15, -0.1) is 0 Å². The van der Waals surface area contributed by atoms with Crippen LogP contribution in [0.1, 0.15) is 31.0 Å². The molecule has 0 aliphatic carbocycles. The number of nitrogens with two attached hydrogens (primary N) is 1. The molecule has 1 fully saturated rings. The number of anilines is 1. The molecular weight excluding hydrogens is 466 g/mol. The third-order valence-electron chi connectivity index (χ3n) is 6.31. The molecule has 2 N–H and O–H groups in total. The molecule has 4 heterocycles. The van der Waals surface area contributed by atoms with Crippen molar-refractivity contribution in [1.29, 1.82) is 0 Å². The van der Waals surface area contributed by atoms with E-state index in [4.69, 9.17) is 5.73 Å². The Balaban J connectivity index is 1.52. The number of aromatic nitrogens is 4. The standard InChI is InChI=1S/C23H27F4N7O/c1-2-33(11-17-4-3-16(9-29-17)23(25,26)27)21-20-18(24)12-34(22(20)31-14-30-21)10-15-5-7-32(8-6-15)13-19(28)35/h3-4,9,12,14-15H,2,5-8,10-11,13H2,1H3,(H2,28,35). The molecule has 1 aliphatic heterocycles. The Hall–Kier alpha value is -3.28. The minimum atomic E-state index is -4.46. The van der Waals surface area contributed by atoms with E-state index in [2.05, 4.69) is 15.0 Å².